The smallest absolute Gasteiger partial charge is 0.191 e. The van der Waals surface area contributed by atoms with Crippen LogP contribution in [0.15, 0.2) is 29.3 Å². The maximum absolute atomic E-state index is 5.10. The number of methoxy groups -OCH3 is 1. The molecule has 2 rings (SSSR count). The molecular formula is C23H41N5O. The first-order valence-corrected chi connectivity index (χ1v) is 11.1. The number of rotatable bonds is 11. The summed E-state index contributed by atoms with van der Waals surface area (Å²) < 4.78 is 5.10. The van der Waals surface area contributed by atoms with E-state index in [1.165, 1.54) is 36.9 Å². The molecule has 1 heterocycles. The summed E-state index contributed by atoms with van der Waals surface area (Å²) in [5.74, 6) is 0.849. The SMILES string of the molecule is CN=C(NCCN(C)CCCOC)NCc1ccc(CN2CCCCC2C)cc1. The van der Waals surface area contributed by atoms with E-state index in [2.05, 4.69) is 63.7 Å². The average molecular weight is 404 g/mol. The van der Waals surface area contributed by atoms with Gasteiger partial charge < -0.3 is 20.3 Å². The monoisotopic (exact) mass is 403 g/mol. The second kappa shape index (κ2) is 13.6. The van der Waals surface area contributed by atoms with Crippen LogP contribution in [0.2, 0.25) is 0 Å². The van der Waals surface area contributed by atoms with Gasteiger partial charge in [0.25, 0.3) is 0 Å². The lowest BCUT2D eigenvalue weighted by molar-refractivity contribution is 0.152. The van der Waals surface area contributed by atoms with Crippen LogP contribution < -0.4 is 10.6 Å². The van der Waals surface area contributed by atoms with Crippen molar-refractivity contribution in [3.63, 3.8) is 0 Å². The molecule has 29 heavy (non-hydrogen) atoms. The zero-order valence-electron chi connectivity index (χ0n) is 18.9. The highest BCUT2D eigenvalue weighted by Gasteiger charge is 2.17. The van der Waals surface area contributed by atoms with Gasteiger partial charge in [0.15, 0.2) is 5.96 Å². The topological polar surface area (TPSA) is 52.1 Å². The quantitative estimate of drug-likeness (QED) is 0.338. The van der Waals surface area contributed by atoms with Crippen molar-refractivity contribution in [1.82, 2.24) is 20.4 Å². The number of nitrogens with one attached hydrogen (secondary N) is 2. The number of ether oxygens (including phenoxy) is 1. The molecule has 2 N–H and O–H groups in total. The van der Waals surface area contributed by atoms with E-state index in [9.17, 15) is 0 Å². The van der Waals surface area contributed by atoms with Gasteiger partial charge in [0.2, 0.25) is 0 Å². The third kappa shape index (κ3) is 9.15. The van der Waals surface area contributed by atoms with Crippen LogP contribution >= 0.6 is 0 Å². The van der Waals surface area contributed by atoms with Crippen molar-refractivity contribution in [2.24, 2.45) is 4.99 Å². The van der Waals surface area contributed by atoms with Crippen LogP contribution in [0, 0.1) is 0 Å². The zero-order chi connectivity index (χ0) is 20.9. The fraction of sp³-hybridized carbons (Fsp3) is 0.696. The van der Waals surface area contributed by atoms with E-state index < -0.39 is 0 Å². The predicted octanol–water partition coefficient (Wildman–Crippen LogP) is 2.69. The van der Waals surface area contributed by atoms with Gasteiger partial charge in [-0.3, -0.25) is 9.89 Å². The maximum Gasteiger partial charge on any atom is 0.191 e. The molecule has 6 heteroatoms. The molecule has 164 valence electrons. The highest BCUT2D eigenvalue weighted by molar-refractivity contribution is 5.79. The van der Waals surface area contributed by atoms with Crippen LogP contribution in [0.25, 0.3) is 0 Å². The van der Waals surface area contributed by atoms with Crippen LogP contribution in [0.1, 0.15) is 43.7 Å². The molecule has 0 saturated carbocycles. The molecule has 0 amide bonds. The number of guanidine groups is 1. The number of hydrogen-bond acceptors (Lipinski definition) is 4. The molecule has 1 aromatic carbocycles. The molecule has 1 unspecified atom stereocenters. The summed E-state index contributed by atoms with van der Waals surface area (Å²) in [7, 11) is 5.71. The molecule has 1 aromatic rings. The molecule has 1 saturated heterocycles. The Morgan fingerprint density at radius 3 is 2.62 bits per heavy atom. The molecule has 1 atom stereocenters. The Hall–Kier alpha value is -1.63. The first-order valence-electron chi connectivity index (χ1n) is 11.1. The minimum Gasteiger partial charge on any atom is -0.385 e. The molecular weight excluding hydrogens is 362 g/mol. The van der Waals surface area contributed by atoms with E-state index in [1.54, 1.807) is 7.11 Å². The number of aliphatic imine (C=N–C) groups is 1. The fourth-order valence-corrected chi connectivity index (χ4v) is 3.75. The van der Waals surface area contributed by atoms with E-state index in [1.807, 2.05) is 7.05 Å². The third-order valence-corrected chi connectivity index (χ3v) is 5.71. The number of piperidine rings is 1. The summed E-state index contributed by atoms with van der Waals surface area (Å²) in [6.07, 6.45) is 5.10. The number of likely N-dealkylation sites (N-methyl/N-ethyl adjacent to an activating group) is 1. The summed E-state index contributed by atoms with van der Waals surface area (Å²) in [4.78, 5) is 9.24. The Kier molecular flexibility index (Phi) is 11.1. The standard InChI is InChI=1S/C23H41N5O/c1-20-8-5-6-15-28(20)19-22-11-9-21(10-12-22)18-26-23(24-2)25-13-16-27(3)14-7-17-29-4/h9-12,20H,5-8,13-19H2,1-4H3,(H2,24,25,26). The second-order valence-corrected chi connectivity index (χ2v) is 8.13. The van der Waals surface area contributed by atoms with Gasteiger partial charge in [-0.25, -0.2) is 0 Å². The summed E-state index contributed by atoms with van der Waals surface area (Å²) >= 11 is 0. The molecule has 0 aromatic heterocycles. The number of hydrogen-bond donors (Lipinski definition) is 2. The van der Waals surface area contributed by atoms with Gasteiger partial charge in [0.1, 0.15) is 0 Å². The number of benzene rings is 1. The molecule has 1 aliphatic rings. The Morgan fingerprint density at radius 2 is 1.93 bits per heavy atom. The highest BCUT2D eigenvalue weighted by atomic mass is 16.5. The summed E-state index contributed by atoms with van der Waals surface area (Å²) in [5, 5.41) is 6.80. The van der Waals surface area contributed by atoms with Gasteiger partial charge in [-0.15, -0.1) is 0 Å². The lowest BCUT2D eigenvalue weighted by Gasteiger charge is -2.33. The van der Waals surface area contributed by atoms with Crippen LogP contribution in [0.4, 0.5) is 0 Å². The first kappa shape index (κ1) is 23.6. The number of nitrogens with zero attached hydrogens (tertiary/aromatic N) is 3. The minimum atomic E-state index is 0.707. The molecule has 0 bridgehead atoms. The minimum absolute atomic E-state index is 0.707. The van der Waals surface area contributed by atoms with Crippen LogP contribution in [0.5, 0.6) is 0 Å². The van der Waals surface area contributed by atoms with Crippen molar-refractivity contribution in [2.45, 2.75) is 51.7 Å². The normalized spacial score (nSPS) is 18.2. The van der Waals surface area contributed by atoms with Gasteiger partial charge in [-0.1, -0.05) is 30.7 Å². The Morgan fingerprint density at radius 1 is 1.17 bits per heavy atom. The van der Waals surface area contributed by atoms with Gasteiger partial charge in [0.05, 0.1) is 0 Å². The summed E-state index contributed by atoms with van der Waals surface area (Å²) in [5.41, 5.74) is 2.68. The van der Waals surface area contributed by atoms with Crippen molar-refractivity contribution in [3.8, 4) is 0 Å². The van der Waals surface area contributed by atoms with Crippen LogP contribution in [-0.4, -0.2) is 75.8 Å². The first-order chi connectivity index (χ1) is 14.1. The van der Waals surface area contributed by atoms with Crippen molar-refractivity contribution in [2.75, 3.05) is 54.0 Å². The lowest BCUT2D eigenvalue weighted by atomic mass is 10.0. The Bertz CT molecular complexity index is 589. The van der Waals surface area contributed by atoms with E-state index >= 15 is 0 Å². The molecule has 0 radical (unpaired) electrons. The molecule has 1 fully saturated rings. The van der Waals surface area contributed by atoms with E-state index in [0.717, 1.165) is 51.7 Å². The zero-order valence-corrected chi connectivity index (χ0v) is 18.9. The lowest BCUT2D eigenvalue weighted by Crippen LogP contribution is -2.40. The van der Waals surface area contributed by atoms with Crippen molar-refractivity contribution >= 4 is 5.96 Å². The van der Waals surface area contributed by atoms with Gasteiger partial charge in [-0.2, -0.15) is 0 Å². The van der Waals surface area contributed by atoms with Crippen molar-refractivity contribution < 1.29 is 4.74 Å². The van der Waals surface area contributed by atoms with Crippen molar-refractivity contribution in [1.29, 1.82) is 0 Å². The largest absolute Gasteiger partial charge is 0.385 e. The molecule has 6 nitrogen and oxygen atoms in total. The van der Waals surface area contributed by atoms with E-state index in [0.29, 0.717) is 6.04 Å². The maximum atomic E-state index is 5.10. The van der Waals surface area contributed by atoms with Crippen LogP contribution in [0.3, 0.4) is 0 Å². The summed E-state index contributed by atoms with van der Waals surface area (Å²) in [6.45, 7) is 9.15. The third-order valence-electron chi connectivity index (χ3n) is 5.71. The van der Waals surface area contributed by atoms with Crippen LogP contribution in [-0.2, 0) is 17.8 Å². The molecule has 0 spiro atoms. The van der Waals surface area contributed by atoms with E-state index in [4.69, 9.17) is 4.74 Å². The molecule has 0 aliphatic carbocycles. The van der Waals surface area contributed by atoms with Gasteiger partial charge >= 0.3 is 0 Å². The van der Waals surface area contributed by atoms with E-state index in [-0.39, 0.29) is 0 Å². The second-order valence-electron chi connectivity index (χ2n) is 8.13. The highest BCUT2D eigenvalue weighted by Crippen LogP contribution is 2.19. The number of likely N-dealkylation sites (tertiary alicyclic amines) is 1. The Balaban J connectivity index is 1.68. The fourth-order valence-electron chi connectivity index (χ4n) is 3.75. The van der Waals surface area contributed by atoms with Gasteiger partial charge in [0, 0.05) is 59.5 Å². The average Bonchev–Trinajstić information content (AvgIpc) is 2.73. The summed E-state index contributed by atoms with van der Waals surface area (Å²) in [6, 6.07) is 9.70. The predicted molar refractivity (Wildman–Crippen MR) is 122 cm³/mol. The van der Waals surface area contributed by atoms with Crippen molar-refractivity contribution in [3.05, 3.63) is 35.4 Å². The molecule has 1 aliphatic heterocycles. The van der Waals surface area contributed by atoms with Gasteiger partial charge in [-0.05, 0) is 50.9 Å². The Labute approximate surface area is 177 Å².